The molecule has 0 aliphatic carbocycles. The van der Waals surface area contributed by atoms with Crippen LogP contribution in [0, 0.1) is 0 Å². The summed E-state index contributed by atoms with van der Waals surface area (Å²) in [5.41, 5.74) is 1.96. The predicted molar refractivity (Wildman–Crippen MR) is 92.0 cm³/mol. The molecule has 0 fully saturated rings. The highest BCUT2D eigenvalue weighted by atomic mass is 16.5. The lowest BCUT2D eigenvalue weighted by molar-refractivity contribution is -0.142. The van der Waals surface area contributed by atoms with Gasteiger partial charge in [0, 0.05) is 31.2 Å². The standard InChI is InChI=1S/C18H26N2O3/c1-4-15(13-20-11-10-19-3)14-23-17-9-7-6-8-16(17)12-18(21)22-5-2/h6-11,13,19-20H,4-5,12,14H2,1-3H3/b11-10-,15-13+. The summed E-state index contributed by atoms with van der Waals surface area (Å²) in [5.74, 6) is 0.472. The summed E-state index contributed by atoms with van der Waals surface area (Å²) in [4.78, 5) is 11.6. The molecule has 2 N–H and O–H groups in total. The average Bonchev–Trinajstić information content (AvgIpc) is 2.55. The summed E-state index contributed by atoms with van der Waals surface area (Å²) in [6, 6.07) is 7.54. The highest BCUT2D eigenvalue weighted by Crippen LogP contribution is 2.20. The number of carbonyl (C=O) groups is 1. The van der Waals surface area contributed by atoms with E-state index < -0.39 is 0 Å². The van der Waals surface area contributed by atoms with Crippen LogP contribution in [0.1, 0.15) is 25.8 Å². The largest absolute Gasteiger partial charge is 0.489 e. The number of carbonyl (C=O) groups excluding carboxylic acids is 1. The first-order valence-electron chi connectivity index (χ1n) is 7.83. The number of benzene rings is 1. The Morgan fingerprint density at radius 2 is 2.00 bits per heavy atom. The lowest BCUT2D eigenvalue weighted by Gasteiger charge is -2.12. The van der Waals surface area contributed by atoms with E-state index in [1.807, 2.05) is 43.7 Å². The molecule has 0 aliphatic rings. The van der Waals surface area contributed by atoms with Crippen molar-refractivity contribution >= 4 is 5.97 Å². The van der Waals surface area contributed by atoms with E-state index in [2.05, 4.69) is 17.6 Å². The van der Waals surface area contributed by atoms with Crippen LogP contribution < -0.4 is 15.4 Å². The fraction of sp³-hybridized carbons (Fsp3) is 0.389. The summed E-state index contributed by atoms with van der Waals surface area (Å²) in [6.07, 6.45) is 6.63. The monoisotopic (exact) mass is 318 g/mol. The van der Waals surface area contributed by atoms with Gasteiger partial charge in [-0.1, -0.05) is 25.1 Å². The van der Waals surface area contributed by atoms with E-state index >= 15 is 0 Å². The molecule has 1 aromatic carbocycles. The summed E-state index contributed by atoms with van der Waals surface area (Å²) in [6.45, 7) is 4.73. The number of nitrogens with one attached hydrogen (secondary N) is 2. The molecular weight excluding hydrogens is 292 g/mol. The topological polar surface area (TPSA) is 59.6 Å². The third-order valence-corrected chi connectivity index (χ3v) is 3.11. The summed E-state index contributed by atoms with van der Waals surface area (Å²) >= 11 is 0. The molecular formula is C18H26N2O3. The molecule has 0 saturated carbocycles. The van der Waals surface area contributed by atoms with Crippen LogP contribution in [-0.4, -0.2) is 26.2 Å². The summed E-state index contributed by atoms with van der Waals surface area (Å²) < 4.78 is 10.9. The highest BCUT2D eigenvalue weighted by molar-refractivity contribution is 5.73. The third-order valence-electron chi connectivity index (χ3n) is 3.11. The van der Waals surface area contributed by atoms with Gasteiger partial charge in [-0.05, 0) is 25.0 Å². The number of rotatable bonds is 10. The van der Waals surface area contributed by atoms with Gasteiger partial charge in [0.2, 0.25) is 0 Å². The molecule has 0 saturated heterocycles. The number of esters is 1. The van der Waals surface area contributed by atoms with Gasteiger partial charge < -0.3 is 20.1 Å². The van der Waals surface area contributed by atoms with Gasteiger partial charge in [0.05, 0.1) is 13.0 Å². The lowest BCUT2D eigenvalue weighted by atomic mass is 10.1. The van der Waals surface area contributed by atoms with E-state index in [1.54, 1.807) is 13.1 Å². The zero-order valence-corrected chi connectivity index (χ0v) is 14.1. The van der Waals surface area contributed by atoms with Crippen LogP contribution in [0.25, 0.3) is 0 Å². The van der Waals surface area contributed by atoms with E-state index in [0.717, 1.165) is 17.6 Å². The van der Waals surface area contributed by atoms with Crippen molar-refractivity contribution in [3.8, 4) is 5.75 Å². The molecule has 0 amide bonds. The van der Waals surface area contributed by atoms with Crippen LogP contribution >= 0.6 is 0 Å². The van der Waals surface area contributed by atoms with Crippen molar-refractivity contribution in [3.63, 3.8) is 0 Å². The molecule has 0 atom stereocenters. The quantitative estimate of drug-likeness (QED) is 0.650. The summed E-state index contributed by atoms with van der Waals surface area (Å²) in [7, 11) is 1.84. The van der Waals surface area contributed by atoms with Crippen molar-refractivity contribution in [2.45, 2.75) is 26.7 Å². The van der Waals surface area contributed by atoms with E-state index in [1.165, 1.54) is 0 Å². The van der Waals surface area contributed by atoms with Gasteiger partial charge in [-0.3, -0.25) is 4.79 Å². The molecule has 1 rings (SSSR count). The van der Waals surface area contributed by atoms with Crippen molar-refractivity contribution in [2.24, 2.45) is 0 Å². The molecule has 5 heteroatoms. The Bertz CT molecular complexity index is 539. The van der Waals surface area contributed by atoms with Crippen molar-refractivity contribution in [3.05, 3.63) is 54.0 Å². The van der Waals surface area contributed by atoms with Crippen LogP contribution in [0.3, 0.4) is 0 Å². The lowest BCUT2D eigenvalue weighted by Crippen LogP contribution is -2.10. The second-order valence-corrected chi connectivity index (χ2v) is 4.82. The van der Waals surface area contributed by atoms with Crippen molar-refractivity contribution < 1.29 is 14.3 Å². The van der Waals surface area contributed by atoms with Gasteiger partial charge in [-0.2, -0.15) is 0 Å². The van der Waals surface area contributed by atoms with Crippen molar-refractivity contribution in [2.75, 3.05) is 20.3 Å². The second-order valence-electron chi connectivity index (χ2n) is 4.82. The Morgan fingerprint density at radius 1 is 1.22 bits per heavy atom. The fourth-order valence-corrected chi connectivity index (χ4v) is 1.87. The molecule has 23 heavy (non-hydrogen) atoms. The molecule has 126 valence electrons. The first kappa shape index (κ1) is 18.6. The van der Waals surface area contributed by atoms with Gasteiger partial charge in [0.1, 0.15) is 12.4 Å². The maximum absolute atomic E-state index is 11.6. The van der Waals surface area contributed by atoms with Crippen LogP contribution in [0.2, 0.25) is 0 Å². The molecule has 5 nitrogen and oxygen atoms in total. The van der Waals surface area contributed by atoms with Gasteiger partial charge in [-0.25, -0.2) is 0 Å². The third kappa shape index (κ3) is 7.40. The molecule has 0 heterocycles. The Morgan fingerprint density at radius 3 is 2.70 bits per heavy atom. The van der Waals surface area contributed by atoms with Gasteiger partial charge in [-0.15, -0.1) is 0 Å². The van der Waals surface area contributed by atoms with Crippen molar-refractivity contribution in [1.29, 1.82) is 0 Å². The molecule has 0 bridgehead atoms. The van der Waals surface area contributed by atoms with Crippen LogP contribution in [0.5, 0.6) is 5.75 Å². The molecule has 0 spiro atoms. The smallest absolute Gasteiger partial charge is 0.310 e. The maximum atomic E-state index is 11.6. The van der Waals surface area contributed by atoms with E-state index in [0.29, 0.717) is 19.0 Å². The SMILES string of the molecule is CCOC(=O)Cc1ccccc1OC/C(=C/N/C=C\NC)CC. The van der Waals surface area contributed by atoms with Crippen LogP contribution in [0.4, 0.5) is 0 Å². The molecule has 0 aromatic heterocycles. The Kier molecular flexibility index (Phi) is 9.05. The summed E-state index contributed by atoms with van der Waals surface area (Å²) in [5, 5.41) is 5.98. The van der Waals surface area contributed by atoms with E-state index in [4.69, 9.17) is 9.47 Å². The minimum Gasteiger partial charge on any atom is -0.489 e. The first-order chi connectivity index (χ1) is 11.2. The number of para-hydroxylation sites is 1. The van der Waals surface area contributed by atoms with Crippen molar-refractivity contribution in [1.82, 2.24) is 10.6 Å². The second kappa shape index (κ2) is 11.2. The van der Waals surface area contributed by atoms with Crippen LogP contribution in [-0.2, 0) is 16.0 Å². The Hall–Kier alpha value is -2.43. The normalized spacial score (nSPS) is 11.3. The molecule has 0 aliphatic heterocycles. The van der Waals surface area contributed by atoms with Crippen LogP contribution in [0.15, 0.2) is 48.4 Å². The zero-order valence-electron chi connectivity index (χ0n) is 14.1. The van der Waals surface area contributed by atoms with E-state index in [9.17, 15) is 4.79 Å². The van der Waals surface area contributed by atoms with Gasteiger partial charge in [0.25, 0.3) is 0 Å². The number of hydrogen-bond acceptors (Lipinski definition) is 5. The molecule has 0 radical (unpaired) electrons. The van der Waals surface area contributed by atoms with Gasteiger partial charge >= 0.3 is 5.97 Å². The maximum Gasteiger partial charge on any atom is 0.310 e. The predicted octanol–water partition coefficient (Wildman–Crippen LogP) is 2.75. The Balaban J connectivity index is 2.65. The molecule has 0 unspecified atom stereocenters. The number of hydrogen-bond donors (Lipinski definition) is 2. The first-order valence-corrected chi connectivity index (χ1v) is 7.83. The minimum absolute atomic E-state index is 0.221. The highest BCUT2D eigenvalue weighted by Gasteiger charge is 2.09. The number of ether oxygens (including phenoxy) is 2. The minimum atomic E-state index is -0.242. The van der Waals surface area contributed by atoms with Gasteiger partial charge in [0.15, 0.2) is 0 Å². The Labute approximate surface area is 138 Å². The zero-order chi connectivity index (χ0) is 16.9. The molecule has 1 aromatic rings. The average molecular weight is 318 g/mol. The fourth-order valence-electron chi connectivity index (χ4n) is 1.87. The van der Waals surface area contributed by atoms with E-state index in [-0.39, 0.29) is 12.4 Å².